The standard InChI is InChI=1S/C10H17NO3/c1-6(2)5-8(11)10(13)14-9(12)7(3)4/h6,8H,3,5,11H2,1-2,4H3/t8-/m1/s1. The number of esters is 2. The summed E-state index contributed by atoms with van der Waals surface area (Å²) in [6.07, 6.45) is 0.502. The first kappa shape index (κ1) is 12.8. The van der Waals surface area contributed by atoms with Crippen molar-refractivity contribution in [2.24, 2.45) is 11.7 Å². The largest absolute Gasteiger partial charge is 0.389 e. The van der Waals surface area contributed by atoms with Crippen molar-refractivity contribution in [2.75, 3.05) is 0 Å². The maximum Gasteiger partial charge on any atom is 0.340 e. The van der Waals surface area contributed by atoms with E-state index in [-0.39, 0.29) is 11.5 Å². The van der Waals surface area contributed by atoms with Gasteiger partial charge in [0, 0.05) is 5.57 Å². The lowest BCUT2D eigenvalue weighted by molar-refractivity contribution is -0.158. The van der Waals surface area contributed by atoms with Gasteiger partial charge < -0.3 is 10.5 Å². The first-order valence-electron chi connectivity index (χ1n) is 4.51. The van der Waals surface area contributed by atoms with E-state index in [1.165, 1.54) is 6.92 Å². The van der Waals surface area contributed by atoms with Gasteiger partial charge in [-0.05, 0) is 19.3 Å². The Morgan fingerprint density at radius 3 is 2.29 bits per heavy atom. The molecule has 0 rings (SSSR count). The van der Waals surface area contributed by atoms with Gasteiger partial charge in [0.25, 0.3) is 0 Å². The maximum absolute atomic E-state index is 11.2. The average molecular weight is 199 g/mol. The molecule has 4 nitrogen and oxygen atoms in total. The molecule has 0 saturated carbocycles. The van der Waals surface area contributed by atoms with Crippen molar-refractivity contribution in [1.82, 2.24) is 0 Å². The van der Waals surface area contributed by atoms with Gasteiger partial charge in [0.2, 0.25) is 0 Å². The summed E-state index contributed by atoms with van der Waals surface area (Å²) in [7, 11) is 0. The number of ether oxygens (including phenoxy) is 1. The van der Waals surface area contributed by atoms with E-state index in [0.717, 1.165) is 0 Å². The highest BCUT2D eigenvalue weighted by molar-refractivity contribution is 5.96. The zero-order valence-corrected chi connectivity index (χ0v) is 8.87. The van der Waals surface area contributed by atoms with Crippen LogP contribution >= 0.6 is 0 Å². The first-order chi connectivity index (χ1) is 6.34. The van der Waals surface area contributed by atoms with Crippen LogP contribution in [0.25, 0.3) is 0 Å². The molecule has 0 heterocycles. The molecular formula is C10H17NO3. The Labute approximate surface area is 84.1 Å². The van der Waals surface area contributed by atoms with Gasteiger partial charge in [-0.2, -0.15) is 0 Å². The van der Waals surface area contributed by atoms with Gasteiger partial charge in [0.05, 0.1) is 0 Å². The summed E-state index contributed by atoms with van der Waals surface area (Å²) in [5.41, 5.74) is 5.70. The molecule has 1 atom stereocenters. The van der Waals surface area contributed by atoms with E-state index in [1.807, 2.05) is 13.8 Å². The smallest absolute Gasteiger partial charge is 0.340 e. The SMILES string of the molecule is C=C(C)C(=O)OC(=O)[C@H](N)CC(C)C. The lowest BCUT2D eigenvalue weighted by Gasteiger charge is -2.11. The van der Waals surface area contributed by atoms with Crippen molar-refractivity contribution in [3.05, 3.63) is 12.2 Å². The minimum absolute atomic E-state index is 0.190. The zero-order chi connectivity index (χ0) is 11.3. The van der Waals surface area contributed by atoms with Crippen molar-refractivity contribution in [2.45, 2.75) is 33.2 Å². The highest BCUT2D eigenvalue weighted by atomic mass is 16.6. The van der Waals surface area contributed by atoms with E-state index in [2.05, 4.69) is 11.3 Å². The topological polar surface area (TPSA) is 69.4 Å². The minimum atomic E-state index is -0.738. The van der Waals surface area contributed by atoms with E-state index >= 15 is 0 Å². The van der Waals surface area contributed by atoms with Gasteiger partial charge in [-0.15, -0.1) is 0 Å². The van der Waals surface area contributed by atoms with Gasteiger partial charge in [0.15, 0.2) is 0 Å². The molecule has 80 valence electrons. The summed E-state index contributed by atoms with van der Waals surface area (Å²) in [4.78, 5) is 22.1. The molecule has 0 fully saturated rings. The number of carbonyl (C=O) groups is 2. The molecular weight excluding hydrogens is 182 g/mol. The molecule has 0 amide bonds. The fourth-order valence-electron chi connectivity index (χ4n) is 0.858. The quantitative estimate of drug-likeness (QED) is 0.416. The van der Waals surface area contributed by atoms with Crippen molar-refractivity contribution in [3.63, 3.8) is 0 Å². The fourth-order valence-corrected chi connectivity index (χ4v) is 0.858. The highest BCUT2D eigenvalue weighted by Crippen LogP contribution is 2.05. The third kappa shape index (κ3) is 4.77. The van der Waals surface area contributed by atoms with Crippen LogP contribution in [0.3, 0.4) is 0 Å². The zero-order valence-electron chi connectivity index (χ0n) is 8.87. The highest BCUT2D eigenvalue weighted by Gasteiger charge is 2.19. The molecule has 0 aromatic heterocycles. The second kappa shape index (κ2) is 5.54. The maximum atomic E-state index is 11.2. The Morgan fingerprint density at radius 1 is 1.43 bits per heavy atom. The number of nitrogens with two attached hydrogens (primary N) is 1. The van der Waals surface area contributed by atoms with E-state index in [9.17, 15) is 9.59 Å². The third-order valence-electron chi connectivity index (χ3n) is 1.57. The molecule has 0 unspecified atom stereocenters. The summed E-state index contributed by atoms with van der Waals surface area (Å²) in [6.45, 7) is 8.71. The van der Waals surface area contributed by atoms with Crippen LogP contribution in [0.2, 0.25) is 0 Å². The normalized spacial score (nSPS) is 12.4. The lowest BCUT2D eigenvalue weighted by Crippen LogP contribution is -2.35. The van der Waals surface area contributed by atoms with Gasteiger partial charge in [-0.25, -0.2) is 9.59 Å². The summed E-state index contributed by atoms with van der Waals surface area (Å²) in [6, 6.07) is -0.738. The molecule has 0 spiro atoms. The second-order valence-corrected chi connectivity index (χ2v) is 3.72. The van der Waals surface area contributed by atoms with Crippen LogP contribution in [0.15, 0.2) is 12.2 Å². The molecule has 0 bridgehead atoms. The lowest BCUT2D eigenvalue weighted by atomic mass is 10.1. The van der Waals surface area contributed by atoms with Crippen LogP contribution in [0.4, 0.5) is 0 Å². The third-order valence-corrected chi connectivity index (χ3v) is 1.57. The number of hydrogen-bond acceptors (Lipinski definition) is 4. The molecule has 0 radical (unpaired) electrons. The van der Waals surface area contributed by atoms with Crippen molar-refractivity contribution >= 4 is 11.9 Å². The number of carbonyl (C=O) groups excluding carboxylic acids is 2. The molecule has 0 aromatic rings. The molecule has 0 aliphatic heterocycles. The van der Waals surface area contributed by atoms with Crippen molar-refractivity contribution in [1.29, 1.82) is 0 Å². The van der Waals surface area contributed by atoms with Gasteiger partial charge >= 0.3 is 11.9 Å². The summed E-state index contributed by atoms with van der Waals surface area (Å²) in [5, 5.41) is 0. The van der Waals surface area contributed by atoms with E-state index < -0.39 is 18.0 Å². The predicted octanol–water partition coefficient (Wildman–Crippen LogP) is 1.01. The Morgan fingerprint density at radius 2 is 1.93 bits per heavy atom. The van der Waals surface area contributed by atoms with Crippen LogP contribution in [0.5, 0.6) is 0 Å². The molecule has 0 aromatic carbocycles. The Kier molecular flexibility index (Phi) is 5.09. The molecule has 0 aliphatic carbocycles. The minimum Gasteiger partial charge on any atom is -0.389 e. The van der Waals surface area contributed by atoms with E-state index in [4.69, 9.17) is 5.73 Å². The van der Waals surface area contributed by atoms with Gasteiger partial charge in [0.1, 0.15) is 6.04 Å². The first-order valence-corrected chi connectivity index (χ1v) is 4.51. The summed E-state index contributed by atoms with van der Waals surface area (Å²) in [5.74, 6) is -1.11. The van der Waals surface area contributed by atoms with Crippen molar-refractivity contribution in [3.8, 4) is 0 Å². The monoisotopic (exact) mass is 199 g/mol. The molecule has 4 heteroatoms. The number of rotatable bonds is 4. The van der Waals surface area contributed by atoms with Crippen LogP contribution in [0.1, 0.15) is 27.2 Å². The van der Waals surface area contributed by atoms with Crippen molar-refractivity contribution < 1.29 is 14.3 Å². The van der Waals surface area contributed by atoms with Crippen LogP contribution in [0, 0.1) is 5.92 Å². The molecule has 2 N–H and O–H groups in total. The second-order valence-electron chi connectivity index (χ2n) is 3.72. The van der Waals surface area contributed by atoms with Crippen LogP contribution < -0.4 is 5.73 Å². The van der Waals surface area contributed by atoms with E-state index in [1.54, 1.807) is 0 Å². The predicted molar refractivity (Wildman–Crippen MR) is 53.3 cm³/mol. The molecule has 14 heavy (non-hydrogen) atoms. The Hall–Kier alpha value is -1.16. The Bertz CT molecular complexity index is 246. The average Bonchev–Trinajstić information content (AvgIpc) is 2.02. The van der Waals surface area contributed by atoms with Gasteiger partial charge in [-0.1, -0.05) is 20.4 Å². The van der Waals surface area contributed by atoms with E-state index in [0.29, 0.717) is 6.42 Å². The molecule has 0 saturated heterocycles. The van der Waals surface area contributed by atoms with Crippen LogP contribution in [-0.2, 0) is 14.3 Å². The fraction of sp³-hybridized carbons (Fsp3) is 0.600. The summed E-state index contributed by atoms with van der Waals surface area (Å²) >= 11 is 0. The van der Waals surface area contributed by atoms with Crippen LogP contribution in [-0.4, -0.2) is 18.0 Å². The molecule has 0 aliphatic rings. The van der Waals surface area contributed by atoms with Gasteiger partial charge in [-0.3, -0.25) is 0 Å². The Balaban J connectivity index is 4.08. The summed E-state index contributed by atoms with van der Waals surface area (Å²) < 4.78 is 4.47. The number of hydrogen-bond donors (Lipinski definition) is 1.